The number of ether oxygens (including phenoxy) is 1. The van der Waals surface area contributed by atoms with Crippen LogP contribution in [0.4, 0.5) is 0 Å². The Balaban J connectivity index is 2.50. The smallest absolute Gasteiger partial charge is 0.328 e. The summed E-state index contributed by atoms with van der Waals surface area (Å²) in [5, 5.41) is 8.61. The Morgan fingerprint density at radius 2 is 1.86 bits per heavy atom. The molecule has 0 aliphatic heterocycles. The maximum absolute atomic E-state index is 10.5. The molecule has 0 fully saturated rings. The molecule has 0 heterocycles. The lowest BCUT2D eigenvalue weighted by Crippen LogP contribution is -2.01. The van der Waals surface area contributed by atoms with E-state index in [-0.39, 0.29) is 6.10 Å². The van der Waals surface area contributed by atoms with E-state index in [1.54, 1.807) is 13.2 Å². The molecule has 1 unspecified atom stereocenters. The van der Waals surface area contributed by atoms with Gasteiger partial charge in [-0.25, -0.2) is 4.79 Å². The fourth-order valence-electron chi connectivity index (χ4n) is 2.34. The second-order valence-electron chi connectivity index (χ2n) is 5.27. The number of benzene rings is 1. The molecule has 1 N–H and O–H groups in total. The van der Waals surface area contributed by atoms with E-state index in [9.17, 15) is 4.79 Å². The molecule has 116 valence electrons. The van der Waals surface area contributed by atoms with Crippen molar-refractivity contribution in [3.05, 3.63) is 41.5 Å². The van der Waals surface area contributed by atoms with Crippen molar-refractivity contribution in [2.24, 2.45) is 0 Å². The first kappa shape index (κ1) is 17.4. The summed E-state index contributed by atoms with van der Waals surface area (Å²) in [6.07, 6.45) is 10.2. The topological polar surface area (TPSA) is 46.5 Å². The predicted molar refractivity (Wildman–Crippen MR) is 86.2 cm³/mol. The van der Waals surface area contributed by atoms with Crippen molar-refractivity contribution in [1.29, 1.82) is 0 Å². The maximum atomic E-state index is 10.5. The average molecular weight is 290 g/mol. The summed E-state index contributed by atoms with van der Waals surface area (Å²) >= 11 is 0. The highest BCUT2D eigenvalue weighted by Gasteiger charge is 2.09. The van der Waals surface area contributed by atoms with Crippen molar-refractivity contribution in [3.63, 3.8) is 0 Å². The van der Waals surface area contributed by atoms with Crippen LogP contribution in [0, 0.1) is 0 Å². The standard InChI is InChI=1S/C18H26O3/c1-3-4-5-6-7-8-17(21-2)16-12-9-15(10-13-16)11-14-18(19)20/h9-14,17H,3-8H2,1-2H3,(H,19,20). The quantitative estimate of drug-likeness (QED) is 0.496. The molecule has 1 atom stereocenters. The van der Waals surface area contributed by atoms with Gasteiger partial charge in [-0.15, -0.1) is 0 Å². The van der Waals surface area contributed by atoms with E-state index in [4.69, 9.17) is 9.84 Å². The van der Waals surface area contributed by atoms with Crippen molar-refractivity contribution in [3.8, 4) is 0 Å². The molecule has 0 aromatic heterocycles. The Labute approximate surface area is 127 Å². The molecule has 0 radical (unpaired) electrons. The highest BCUT2D eigenvalue weighted by Crippen LogP contribution is 2.24. The van der Waals surface area contributed by atoms with Gasteiger partial charge in [-0.2, -0.15) is 0 Å². The van der Waals surface area contributed by atoms with Gasteiger partial charge < -0.3 is 9.84 Å². The SMILES string of the molecule is CCCCCCCC(OC)c1ccc(C=CC(=O)O)cc1. The average Bonchev–Trinajstić information content (AvgIpc) is 2.49. The molecule has 1 aromatic carbocycles. The number of carboxylic acids is 1. The van der Waals surface area contributed by atoms with E-state index in [1.807, 2.05) is 24.3 Å². The molecular weight excluding hydrogens is 264 g/mol. The van der Waals surface area contributed by atoms with Gasteiger partial charge in [0.2, 0.25) is 0 Å². The highest BCUT2D eigenvalue weighted by atomic mass is 16.5. The van der Waals surface area contributed by atoms with Crippen LogP contribution in [0.2, 0.25) is 0 Å². The Hall–Kier alpha value is -1.61. The summed E-state index contributed by atoms with van der Waals surface area (Å²) < 4.78 is 5.57. The first-order chi connectivity index (χ1) is 10.2. The summed E-state index contributed by atoms with van der Waals surface area (Å²) in [7, 11) is 1.74. The molecule has 21 heavy (non-hydrogen) atoms. The van der Waals surface area contributed by atoms with E-state index in [2.05, 4.69) is 6.92 Å². The predicted octanol–water partition coefficient (Wildman–Crippen LogP) is 4.83. The van der Waals surface area contributed by atoms with E-state index in [0.717, 1.165) is 23.6 Å². The zero-order valence-electron chi connectivity index (χ0n) is 13.0. The van der Waals surface area contributed by atoms with Gasteiger partial charge in [0.25, 0.3) is 0 Å². The van der Waals surface area contributed by atoms with Crippen LogP contribution >= 0.6 is 0 Å². The van der Waals surface area contributed by atoms with Crippen molar-refractivity contribution in [2.75, 3.05) is 7.11 Å². The minimum Gasteiger partial charge on any atom is -0.478 e. The Morgan fingerprint density at radius 3 is 2.43 bits per heavy atom. The lowest BCUT2D eigenvalue weighted by atomic mass is 10.0. The number of hydrogen-bond donors (Lipinski definition) is 1. The third-order valence-corrected chi connectivity index (χ3v) is 3.58. The van der Waals surface area contributed by atoms with Crippen LogP contribution in [0.5, 0.6) is 0 Å². The van der Waals surface area contributed by atoms with E-state index < -0.39 is 5.97 Å². The Bertz CT molecular complexity index is 434. The summed E-state index contributed by atoms with van der Waals surface area (Å²) in [6.45, 7) is 2.22. The molecule has 3 heteroatoms. The number of methoxy groups -OCH3 is 1. The molecule has 0 spiro atoms. The fourth-order valence-corrected chi connectivity index (χ4v) is 2.34. The zero-order chi connectivity index (χ0) is 15.5. The fraction of sp³-hybridized carbons (Fsp3) is 0.500. The van der Waals surface area contributed by atoms with Crippen LogP contribution in [0.3, 0.4) is 0 Å². The highest BCUT2D eigenvalue weighted by molar-refractivity contribution is 5.85. The van der Waals surface area contributed by atoms with Crippen molar-refractivity contribution < 1.29 is 14.6 Å². The Kier molecular flexibility index (Phi) is 8.44. The van der Waals surface area contributed by atoms with Gasteiger partial charge in [0, 0.05) is 13.2 Å². The number of carboxylic acid groups (broad SMARTS) is 1. The monoisotopic (exact) mass is 290 g/mol. The van der Waals surface area contributed by atoms with Crippen LogP contribution in [-0.2, 0) is 9.53 Å². The summed E-state index contributed by atoms with van der Waals surface area (Å²) in [6, 6.07) is 7.89. The molecule has 0 aliphatic carbocycles. The second kappa shape index (κ2) is 10.2. The van der Waals surface area contributed by atoms with E-state index in [0.29, 0.717) is 0 Å². The lowest BCUT2D eigenvalue weighted by molar-refractivity contribution is -0.131. The molecule has 0 bridgehead atoms. The third kappa shape index (κ3) is 7.09. The first-order valence-corrected chi connectivity index (χ1v) is 7.71. The number of carbonyl (C=O) groups is 1. The minimum absolute atomic E-state index is 0.129. The number of hydrogen-bond acceptors (Lipinski definition) is 2. The van der Waals surface area contributed by atoms with Crippen LogP contribution in [0.15, 0.2) is 30.3 Å². The van der Waals surface area contributed by atoms with Crippen LogP contribution < -0.4 is 0 Å². The van der Waals surface area contributed by atoms with Gasteiger partial charge in [0.1, 0.15) is 0 Å². The van der Waals surface area contributed by atoms with E-state index in [1.165, 1.54) is 32.1 Å². The Morgan fingerprint density at radius 1 is 1.19 bits per heavy atom. The number of unbranched alkanes of at least 4 members (excludes halogenated alkanes) is 4. The van der Waals surface area contributed by atoms with E-state index >= 15 is 0 Å². The van der Waals surface area contributed by atoms with Crippen molar-refractivity contribution in [1.82, 2.24) is 0 Å². The second-order valence-corrected chi connectivity index (χ2v) is 5.27. The molecule has 0 amide bonds. The summed E-state index contributed by atoms with van der Waals surface area (Å²) in [4.78, 5) is 10.5. The van der Waals surface area contributed by atoms with Crippen LogP contribution in [-0.4, -0.2) is 18.2 Å². The summed E-state index contributed by atoms with van der Waals surface area (Å²) in [5.74, 6) is -0.930. The van der Waals surface area contributed by atoms with Gasteiger partial charge in [-0.3, -0.25) is 0 Å². The van der Waals surface area contributed by atoms with Gasteiger partial charge in [-0.1, -0.05) is 63.3 Å². The van der Waals surface area contributed by atoms with Gasteiger partial charge >= 0.3 is 5.97 Å². The lowest BCUT2D eigenvalue weighted by Gasteiger charge is -2.16. The molecule has 1 aromatic rings. The third-order valence-electron chi connectivity index (χ3n) is 3.58. The molecular formula is C18H26O3. The number of aliphatic carboxylic acids is 1. The van der Waals surface area contributed by atoms with Gasteiger partial charge in [-0.05, 0) is 23.6 Å². The van der Waals surface area contributed by atoms with Gasteiger partial charge in [0.05, 0.1) is 6.10 Å². The maximum Gasteiger partial charge on any atom is 0.328 e. The minimum atomic E-state index is -0.930. The van der Waals surface area contributed by atoms with Crippen molar-refractivity contribution in [2.45, 2.75) is 51.6 Å². The van der Waals surface area contributed by atoms with Gasteiger partial charge in [0.15, 0.2) is 0 Å². The normalized spacial score (nSPS) is 12.7. The molecule has 3 nitrogen and oxygen atoms in total. The zero-order valence-corrected chi connectivity index (χ0v) is 13.0. The molecule has 0 aliphatic rings. The van der Waals surface area contributed by atoms with Crippen LogP contribution in [0.25, 0.3) is 6.08 Å². The first-order valence-electron chi connectivity index (χ1n) is 7.71. The number of rotatable bonds is 10. The van der Waals surface area contributed by atoms with Crippen molar-refractivity contribution >= 4 is 12.0 Å². The molecule has 1 rings (SSSR count). The largest absolute Gasteiger partial charge is 0.478 e. The molecule has 0 saturated heterocycles. The summed E-state index contributed by atoms with van der Waals surface area (Å²) in [5.41, 5.74) is 2.04. The van der Waals surface area contributed by atoms with Crippen LogP contribution in [0.1, 0.15) is 62.7 Å². The molecule has 0 saturated carbocycles.